The molecule has 0 unspecified atom stereocenters. The van der Waals surface area contributed by atoms with Gasteiger partial charge in [-0.05, 0) is 41.8 Å². The summed E-state index contributed by atoms with van der Waals surface area (Å²) >= 11 is 12.5. The van der Waals surface area contributed by atoms with E-state index >= 15 is 0 Å². The van der Waals surface area contributed by atoms with Crippen LogP contribution in [-0.2, 0) is 32.6 Å². The van der Waals surface area contributed by atoms with Gasteiger partial charge in [0.25, 0.3) is 0 Å². The van der Waals surface area contributed by atoms with Gasteiger partial charge in [0.15, 0.2) is 0 Å². The van der Waals surface area contributed by atoms with E-state index in [-0.39, 0.29) is 34.6 Å². The van der Waals surface area contributed by atoms with Gasteiger partial charge in [0.1, 0.15) is 18.3 Å². The van der Waals surface area contributed by atoms with Crippen LogP contribution in [0.2, 0.25) is 10.0 Å². The van der Waals surface area contributed by atoms with Crippen molar-refractivity contribution in [1.82, 2.24) is 10.2 Å². The SMILES string of the molecule is CCCNC(=O)[C@H](Cc1ccccc1)N(Cc1cccc(OC)c1)C(=O)CN(c1cccc(Cl)c1Cl)S(C)(=O)=O. The van der Waals surface area contributed by atoms with Crippen LogP contribution in [0.15, 0.2) is 72.8 Å². The Morgan fingerprint density at radius 3 is 2.30 bits per heavy atom. The first-order valence-electron chi connectivity index (χ1n) is 12.7. The van der Waals surface area contributed by atoms with Gasteiger partial charge in [-0.3, -0.25) is 13.9 Å². The molecule has 0 radical (unpaired) electrons. The molecule has 3 rings (SSSR count). The molecule has 0 aliphatic rings. The Bertz CT molecular complexity index is 1420. The van der Waals surface area contributed by atoms with Crippen molar-refractivity contribution in [2.45, 2.75) is 32.4 Å². The largest absolute Gasteiger partial charge is 0.497 e. The number of hydrogen-bond donors (Lipinski definition) is 1. The molecule has 2 amide bonds. The van der Waals surface area contributed by atoms with Crippen LogP contribution in [-0.4, -0.2) is 57.6 Å². The number of halogens is 2. The second kappa shape index (κ2) is 14.4. The van der Waals surface area contributed by atoms with E-state index in [0.717, 1.165) is 16.1 Å². The topological polar surface area (TPSA) is 96.0 Å². The molecule has 1 N–H and O–H groups in total. The first-order valence-corrected chi connectivity index (χ1v) is 15.3. The number of sulfonamides is 1. The van der Waals surface area contributed by atoms with E-state index in [2.05, 4.69) is 5.32 Å². The molecule has 0 bridgehead atoms. The molecule has 214 valence electrons. The summed E-state index contributed by atoms with van der Waals surface area (Å²) in [5.41, 5.74) is 1.63. The molecular weight excluding hydrogens is 573 g/mol. The molecule has 40 heavy (non-hydrogen) atoms. The third kappa shape index (κ3) is 8.36. The first-order chi connectivity index (χ1) is 19.0. The lowest BCUT2D eigenvalue weighted by atomic mass is 10.0. The number of methoxy groups -OCH3 is 1. The van der Waals surface area contributed by atoms with Crippen molar-refractivity contribution in [2.24, 2.45) is 0 Å². The number of carbonyl (C=O) groups excluding carboxylic acids is 2. The van der Waals surface area contributed by atoms with Crippen LogP contribution in [0.25, 0.3) is 0 Å². The minimum atomic E-state index is -3.97. The molecule has 0 heterocycles. The lowest BCUT2D eigenvalue weighted by molar-refractivity contribution is -0.140. The van der Waals surface area contributed by atoms with Crippen molar-refractivity contribution in [2.75, 3.05) is 30.8 Å². The van der Waals surface area contributed by atoms with Crippen LogP contribution in [0.1, 0.15) is 24.5 Å². The van der Waals surface area contributed by atoms with Gasteiger partial charge in [-0.2, -0.15) is 0 Å². The standard InChI is InChI=1S/C29H33Cl2N3O5S/c1-4-16-32-29(36)26(18-21-10-6-5-7-11-21)33(19-22-12-8-13-23(17-22)39-2)27(35)20-34(40(3,37)38)25-15-9-14-24(30)28(25)31/h5-15,17,26H,4,16,18-20H2,1-3H3,(H,32,36)/t26-/m0/s1. The highest BCUT2D eigenvalue weighted by atomic mass is 35.5. The molecule has 0 aliphatic heterocycles. The summed E-state index contributed by atoms with van der Waals surface area (Å²) in [7, 11) is -2.43. The van der Waals surface area contributed by atoms with E-state index in [1.165, 1.54) is 24.1 Å². The lowest BCUT2D eigenvalue weighted by Crippen LogP contribution is -2.53. The van der Waals surface area contributed by atoms with E-state index in [1.807, 2.05) is 43.3 Å². The number of amides is 2. The zero-order valence-electron chi connectivity index (χ0n) is 22.6. The summed E-state index contributed by atoms with van der Waals surface area (Å²) in [4.78, 5) is 29.0. The third-order valence-corrected chi connectivity index (χ3v) is 8.12. The monoisotopic (exact) mass is 605 g/mol. The van der Waals surface area contributed by atoms with Crippen molar-refractivity contribution < 1.29 is 22.7 Å². The first kappa shape index (κ1) is 31.3. The summed E-state index contributed by atoms with van der Waals surface area (Å²) in [6.45, 7) is 1.81. The van der Waals surface area contributed by atoms with Gasteiger partial charge in [-0.15, -0.1) is 0 Å². The molecule has 3 aromatic rings. The Kier molecular flexibility index (Phi) is 11.2. The van der Waals surface area contributed by atoms with E-state index < -0.39 is 28.5 Å². The Balaban J connectivity index is 2.08. The summed E-state index contributed by atoms with van der Waals surface area (Å²) in [6.07, 6.45) is 1.92. The molecule has 0 fully saturated rings. The Hall–Kier alpha value is -3.27. The van der Waals surface area contributed by atoms with Crippen LogP contribution in [0.5, 0.6) is 5.75 Å². The highest BCUT2D eigenvalue weighted by Crippen LogP contribution is 2.34. The highest BCUT2D eigenvalue weighted by Gasteiger charge is 2.33. The fraction of sp³-hybridized carbons (Fsp3) is 0.310. The molecular formula is C29H33Cl2N3O5S. The third-order valence-electron chi connectivity index (χ3n) is 6.19. The zero-order chi connectivity index (χ0) is 29.3. The van der Waals surface area contributed by atoms with Crippen molar-refractivity contribution in [1.29, 1.82) is 0 Å². The van der Waals surface area contributed by atoms with Crippen LogP contribution < -0.4 is 14.4 Å². The number of nitrogens with zero attached hydrogens (tertiary/aromatic N) is 2. The maximum Gasteiger partial charge on any atom is 0.244 e. The summed E-state index contributed by atoms with van der Waals surface area (Å²) < 4.78 is 32.0. The molecule has 0 aromatic heterocycles. The van der Waals surface area contributed by atoms with Gasteiger partial charge in [0.2, 0.25) is 21.8 Å². The average molecular weight is 607 g/mol. The molecule has 0 aliphatic carbocycles. The molecule has 0 saturated carbocycles. The van der Waals surface area contributed by atoms with Crippen molar-refractivity contribution in [3.8, 4) is 5.75 Å². The quantitative estimate of drug-likeness (QED) is 0.298. The number of ether oxygens (including phenoxy) is 1. The molecule has 8 nitrogen and oxygen atoms in total. The fourth-order valence-electron chi connectivity index (χ4n) is 4.17. The molecule has 3 aromatic carbocycles. The fourth-order valence-corrected chi connectivity index (χ4v) is 5.47. The van der Waals surface area contributed by atoms with Gasteiger partial charge in [0, 0.05) is 19.5 Å². The van der Waals surface area contributed by atoms with Crippen LogP contribution in [0.3, 0.4) is 0 Å². The Morgan fingerprint density at radius 2 is 1.65 bits per heavy atom. The van der Waals surface area contributed by atoms with Crippen molar-refractivity contribution >= 4 is 50.7 Å². The number of hydrogen-bond acceptors (Lipinski definition) is 5. The maximum atomic E-state index is 14.1. The normalized spacial score (nSPS) is 11.9. The predicted molar refractivity (Wildman–Crippen MR) is 159 cm³/mol. The maximum absolute atomic E-state index is 14.1. The number of anilines is 1. The van der Waals surface area contributed by atoms with Crippen LogP contribution >= 0.6 is 23.2 Å². The molecule has 1 atom stereocenters. The number of rotatable bonds is 13. The minimum Gasteiger partial charge on any atom is -0.497 e. The molecule has 0 saturated heterocycles. The highest BCUT2D eigenvalue weighted by molar-refractivity contribution is 7.92. The van der Waals surface area contributed by atoms with E-state index in [0.29, 0.717) is 24.3 Å². The van der Waals surface area contributed by atoms with Crippen LogP contribution in [0, 0.1) is 0 Å². The summed E-state index contributed by atoms with van der Waals surface area (Å²) in [5.74, 6) is -0.339. The second-order valence-corrected chi connectivity index (χ2v) is 11.9. The van der Waals surface area contributed by atoms with E-state index in [9.17, 15) is 18.0 Å². The van der Waals surface area contributed by atoms with Gasteiger partial charge in [-0.25, -0.2) is 8.42 Å². The smallest absolute Gasteiger partial charge is 0.244 e. The minimum absolute atomic E-state index is 0.00302. The average Bonchev–Trinajstić information content (AvgIpc) is 2.94. The number of carbonyl (C=O) groups is 2. The second-order valence-electron chi connectivity index (χ2n) is 9.21. The summed E-state index contributed by atoms with van der Waals surface area (Å²) in [5, 5.41) is 3.05. The summed E-state index contributed by atoms with van der Waals surface area (Å²) in [6, 6.07) is 20.1. The van der Waals surface area contributed by atoms with Crippen molar-refractivity contribution in [3.05, 3.63) is 94.0 Å². The van der Waals surface area contributed by atoms with Gasteiger partial charge < -0.3 is 15.0 Å². The lowest BCUT2D eigenvalue weighted by Gasteiger charge is -2.33. The van der Waals surface area contributed by atoms with Gasteiger partial charge in [0.05, 0.1) is 29.1 Å². The van der Waals surface area contributed by atoms with E-state index in [4.69, 9.17) is 27.9 Å². The van der Waals surface area contributed by atoms with Gasteiger partial charge in [-0.1, -0.05) is 78.7 Å². The molecule has 11 heteroatoms. The Morgan fingerprint density at radius 1 is 0.975 bits per heavy atom. The zero-order valence-corrected chi connectivity index (χ0v) is 25.0. The number of benzene rings is 3. The van der Waals surface area contributed by atoms with Crippen LogP contribution in [0.4, 0.5) is 5.69 Å². The number of nitrogens with one attached hydrogen (secondary N) is 1. The van der Waals surface area contributed by atoms with E-state index in [1.54, 1.807) is 24.3 Å². The van der Waals surface area contributed by atoms with Gasteiger partial charge >= 0.3 is 0 Å². The Labute approximate surface area is 245 Å². The van der Waals surface area contributed by atoms with Crippen molar-refractivity contribution in [3.63, 3.8) is 0 Å². The molecule has 0 spiro atoms. The predicted octanol–water partition coefficient (Wildman–Crippen LogP) is 4.93.